The summed E-state index contributed by atoms with van der Waals surface area (Å²) in [5.41, 5.74) is 7.89. The number of amides is 1. The van der Waals surface area contributed by atoms with Crippen molar-refractivity contribution in [2.45, 2.75) is 5.92 Å². The van der Waals surface area contributed by atoms with E-state index in [0.29, 0.717) is 30.0 Å². The van der Waals surface area contributed by atoms with E-state index in [4.69, 9.17) is 15.2 Å². The Bertz CT molecular complexity index is 1310. The Labute approximate surface area is 208 Å². The van der Waals surface area contributed by atoms with E-state index in [0.717, 1.165) is 0 Å². The Hall–Kier alpha value is -4.62. The number of nitrogens with one attached hydrogen (secondary N) is 1. The lowest BCUT2D eigenvalue weighted by Gasteiger charge is -2.36. The molecule has 2 aromatic rings. The number of esters is 2. The SMILES string of the molecule is COC(=O)C1=C(C(=O)OC)N(c2cccc(N3CCNCC3=O)c2)C(N)=C(C#N)C1c1ccccc1. The lowest BCUT2D eigenvalue weighted by molar-refractivity contribution is -0.139. The van der Waals surface area contributed by atoms with Crippen LogP contribution in [-0.2, 0) is 23.9 Å². The van der Waals surface area contributed by atoms with Gasteiger partial charge in [-0.1, -0.05) is 36.4 Å². The molecule has 2 heterocycles. The second-order valence-electron chi connectivity index (χ2n) is 8.08. The highest BCUT2D eigenvalue weighted by molar-refractivity contribution is 6.06. The fraction of sp³-hybridized carbons (Fsp3) is 0.231. The zero-order chi connectivity index (χ0) is 25.8. The van der Waals surface area contributed by atoms with E-state index in [9.17, 15) is 19.6 Å². The molecule has 2 aromatic carbocycles. The number of hydrogen-bond donors (Lipinski definition) is 2. The molecule has 0 spiro atoms. The molecule has 1 unspecified atom stereocenters. The summed E-state index contributed by atoms with van der Waals surface area (Å²) in [7, 11) is 2.39. The average molecular weight is 488 g/mol. The Morgan fingerprint density at radius 2 is 1.75 bits per heavy atom. The third-order valence-electron chi connectivity index (χ3n) is 6.10. The second-order valence-corrected chi connectivity index (χ2v) is 8.08. The number of nitrogens with zero attached hydrogens (tertiary/aromatic N) is 3. The number of carbonyl (C=O) groups excluding carboxylic acids is 3. The standard InChI is InChI=1S/C26H25N5O5/c1-35-25(33)22-21(16-7-4-3-5-8-16)19(14-27)24(28)31(23(22)26(34)36-2)18-10-6-9-17(13-18)30-12-11-29-15-20(30)32/h3-10,13,21,29H,11-12,15,28H2,1-2H3. The van der Waals surface area contributed by atoms with Gasteiger partial charge in [0.15, 0.2) is 0 Å². The van der Waals surface area contributed by atoms with Gasteiger partial charge in [0, 0.05) is 24.5 Å². The van der Waals surface area contributed by atoms with Crippen LogP contribution in [0.25, 0.3) is 0 Å². The van der Waals surface area contributed by atoms with Gasteiger partial charge in [-0.15, -0.1) is 0 Å². The van der Waals surface area contributed by atoms with Crippen molar-refractivity contribution in [1.82, 2.24) is 5.32 Å². The number of anilines is 2. The predicted molar refractivity (Wildman–Crippen MR) is 131 cm³/mol. The van der Waals surface area contributed by atoms with E-state index in [1.54, 1.807) is 59.5 Å². The molecule has 2 aliphatic rings. The smallest absolute Gasteiger partial charge is 0.355 e. The first-order valence-electron chi connectivity index (χ1n) is 11.2. The van der Waals surface area contributed by atoms with Crippen LogP contribution in [0.1, 0.15) is 11.5 Å². The molecule has 1 amide bonds. The first-order chi connectivity index (χ1) is 17.4. The van der Waals surface area contributed by atoms with Crippen molar-refractivity contribution in [2.75, 3.05) is 43.7 Å². The lowest BCUT2D eigenvalue weighted by atomic mass is 9.81. The van der Waals surface area contributed by atoms with Crippen molar-refractivity contribution in [2.24, 2.45) is 5.73 Å². The molecule has 184 valence electrons. The number of allylic oxidation sites excluding steroid dienone is 1. The van der Waals surface area contributed by atoms with E-state index in [-0.39, 0.29) is 35.1 Å². The fourth-order valence-corrected chi connectivity index (χ4v) is 4.46. The van der Waals surface area contributed by atoms with Crippen LogP contribution in [0.5, 0.6) is 0 Å². The predicted octanol–water partition coefficient (Wildman–Crippen LogP) is 1.52. The molecule has 4 rings (SSSR count). The van der Waals surface area contributed by atoms with E-state index in [2.05, 4.69) is 11.4 Å². The molecular formula is C26H25N5O5. The quantitative estimate of drug-likeness (QED) is 0.601. The highest BCUT2D eigenvalue weighted by atomic mass is 16.5. The average Bonchev–Trinajstić information content (AvgIpc) is 2.92. The summed E-state index contributed by atoms with van der Waals surface area (Å²) >= 11 is 0. The summed E-state index contributed by atoms with van der Waals surface area (Å²) in [4.78, 5) is 41.7. The largest absolute Gasteiger partial charge is 0.466 e. The Morgan fingerprint density at radius 1 is 1.06 bits per heavy atom. The maximum Gasteiger partial charge on any atom is 0.355 e. The molecule has 2 aliphatic heterocycles. The molecule has 10 heteroatoms. The molecule has 0 radical (unpaired) electrons. The van der Waals surface area contributed by atoms with Crippen molar-refractivity contribution in [3.05, 3.63) is 82.8 Å². The van der Waals surface area contributed by atoms with E-state index < -0.39 is 17.9 Å². The first-order valence-corrected chi connectivity index (χ1v) is 11.2. The number of methoxy groups -OCH3 is 2. The number of rotatable bonds is 5. The third-order valence-corrected chi connectivity index (χ3v) is 6.10. The molecule has 0 aromatic heterocycles. The summed E-state index contributed by atoms with van der Waals surface area (Å²) in [6.45, 7) is 1.28. The molecule has 1 fully saturated rings. The van der Waals surface area contributed by atoms with Gasteiger partial charge in [0.05, 0.1) is 43.9 Å². The van der Waals surface area contributed by atoms with Crippen molar-refractivity contribution in [3.8, 4) is 6.07 Å². The number of carbonyl (C=O) groups is 3. The van der Waals surface area contributed by atoms with Gasteiger partial charge in [-0.3, -0.25) is 9.69 Å². The summed E-state index contributed by atoms with van der Waals surface area (Å²) in [6, 6.07) is 17.7. The Kier molecular flexibility index (Phi) is 7.03. The maximum atomic E-state index is 13.2. The minimum atomic E-state index is -0.952. The fourth-order valence-electron chi connectivity index (χ4n) is 4.46. The van der Waals surface area contributed by atoms with Gasteiger partial charge in [0.1, 0.15) is 11.5 Å². The second kappa shape index (κ2) is 10.3. The van der Waals surface area contributed by atoms with Crippen LogP contribution in [-0.4, -0.2) is 51.7 Å². The maximum absolute atomic E-state index is 13.2. The molecule has 0 saturated carbocycles. The van der Waals surface area contributed by atoms with Crippen LogP contribution in [0.4, 0.5) is 11.4 Å². The minimum Gasteiger partial charge on any atom is -0.466 e. The van der Waals surface area contributed by atoms with E-state index in [1.807, 2.05) is 0 Å². The van der Waals surface area contributed by atoms with Gasteiger partial charge >= 0.3 is 11.9 Å². The summed E-state index contributed by atoms with van der Waals surface area (Å²) in [6.07, 6.45) is 0. The first kappa shape index (κ1) is 24.5. The highest BCUT2D eigenvalue weighted by Crippen LogP contribution is 2.43. The lowest BCUT2D eigenvalue weighted by Crippen LogP contribution is -2.48. The number of benzene rings is 2. The van der Waals surface area contributed by atoms with Crippen LogP contribution in [0.15, 0.2) is 77.3 Å². The summed E-state index contributed by atoms with van der Waals surface area (Å²) in [5, 5.41) is 13.2. The van der Waals surface area contributed by atoms with Crippen molar-refractivity contribution >= 4 is 29.2 Å². The van der Waals surface area contributed by atoms with Crippen molar-refractivity contribution in [3.63, 3.8) is 0 Å². The van der Waals surface area contributed by atoms with Gasteiger partial charge < -0.3 is 25.4 Å². The normalized spacial score (nSPS) is 18.1. The van der Waals surface area contributed by atoms with Crippen molar-refractivity contribution < 1.29 is 23.9 Å². The molecule has 0 bridgehead atoms. The van der Waals surface area contributed by atoms with Gasteiger partial charge in [-0.05, 0) is 23.8 Å². The zero-order valence-electron chi connectivity index (χ0n) is 19.9. The van der Waals surface area contributed by atoms with Gasteiger partial charge in [0.2, 0.25) is 5.91 Å². The topological polar surface area (TPSA) is 138 Å². The Morgan fingerprint density at radius 3 is 2.39 bits per heavy atom. The van der Waals surface area contributed by atoms with E-state index in [1.165, 1.54) is 19.1 Å². The van der Waals surface area contributed by atoms with E-state index >= 15 is 0 Å². The zero-order valence-corrected chi connectivity index (χ0v) is 19.9. The molecule has 36 heavy (non-hydrogen) atoms. The summed E-state index contributed by atoms with van der Waals surface area (Å²) < 4.78 is 10.1. The Balaban J connectivity index is 1.97. The number of hydrogen-bond acceptors (Lipinski definition) is 9. The number of nitrogens with two attached hydrogens (primary N) is 1. The van der Waals surface area contributed by atoms with Crippen LogP contribution in [0, 0.1) is 11.3 Å². The molecular weight excluding hydrogens is 462 g/mol. The molecule has 3 N–H and O–H groups in total. The monoisotopic (exact) mass is 487 g/mol. The number of nitriles is 1. The van der Waals surface area contributed by atoms with Gasteiger partial charge in [-0.2, -0.15) is 5.26 Å². The number of piperazine rings is 1. The third kappa shape index (κ3) is 4.28. The highest BCUT2D eigenvalue weighted by Gasteiger charge is 2.43. The summed E-state index contributed by atoms with van der Waals surface area (Å²) in [5.74, 6) is -2.74. The molecule has 1 atom stereocenters. The van der Waals surface area contributed by atoms with Gasteiger partial charge in [-0.25, -0.2) is 9.59 Å². The molecule has 1 saturated heterocycles. The van der Waals surface area contributed by atoms with Crippen molar-refractivity contribution in [1.29, 1.82) is 5.26 Å². The molecule has 0 aliphatic carbocycles. The van der Waals surface area contributed by atoms with Gasteiger partial charge in [0.25, 0.3) is 0 Å². The van der Waals surface area contributed by atoms with Crippen LogP contribution < -0.4 is 20.9 Å². The molecule has 10 nitrogen and oxygen atoms in total. The van der Waals surface area contributed by atoms with Crippen LogP contribution in [0.3, 0.4) is 0 Å². The van der Waals surface area contributed by atoms with Crippen LogP contribution in [0.2, 0.25) is 0 Å². The number of ether oxygens (including phenoxy) is 2. The minimum absolute atomic E-state index is 0.0387. The van der Waals surface area contributed by atoms with Crippen LogP contribution >= 0.6 is 0 Å².